The van der Waals surface area contributed by atoms with Gasteiger partial charge in [0.05, 0.1) is 12.3 Å². The Kier molecular flexibility index (Phi) is 3.28. The lowest BCUT2D eigenvalue weighted by Crippen LogP contribution is -2.20. The Balaban J connectivity index is 2.42. The van der Waals surface area contributed by atoms with Crippen LogP contribution in [0, 0.1) is 0 Å². The predicted molar refractivity (Wildman–Crippen MR) is 67.2 cm³/mol. The van der Waals surface area contributed by atoms with E-state index in [1.165, 1.54) is 0 Å². The first-order valence-corrected chi connectivity index (χ1v) is 5.83. The van der Waals surface area contributed by atoms with E-state index in [4.69, 9.17) is 5.11 Å². The van der Waals surface area contributed by atoms with Crippen molar-refractivity contribution in [1.29, 1.82) is 0 Å². The summed E-state index contributed by atoms with van der Waals surface area (Å²) in [6.45, 7) is 6.20. The predicted octanol–water partition coefficient (Wildman–Crippen LogP) is 1.65. The summed E-state index contributed by atoms with van der Waals surface area (Å²) in [6, 6.07) is 2.01. The standard InChI is InChI=1S/C12H18N4O/c1-8(2)10-6-11-12(14-9(3)7-17)13-4-5-16(11)15-10/h4-6,8-9,17H,7H2,1-3H3,(H,13,14). The van der Waals surface area contributed by atoms with Crippen LogP contribution in [0.1, 0.15) is 32.4 Å². The van der Waals surface area contributed by atoms with Crippen LogP contribution in [0.3, 0.4) is 0 Å². The fourth-order valence-corrected chi connectivity index (χ4v) is 1.61. The van der Waals surface area contributed by atoms with Gasteiger partial charge in [-0.25, -0.2) is 9.50 Å². The van der Waals surface area contributed by atoms with Crippen molar-refractivity contribution in [2.75, 3.05) is 11.9 Å². The van der Waals surface area contributed by atoms with Gasteiger partial charge < -0.3 is 10.4 Å². The molecule has 2 heterocycles. The summed E-state index contributed by atoms with van der Waals surface area (Å²) in [5.41, 5.74) is 1.98. The zero-order chi connectivity index (χ0) is 12.4. The summed E-state index contributed by atoms with van der Waals surface area (Å²) in [6.07, 6.45) is 3.53. The molecule has 0 amide bonds. The highest BCUT2D eigenvalue weighted by Gasteiger charge is 2.10. The van der Waals surface area contributed by atoms with Crippen molar-refractivity contribution in [3.05, 3.63) is 24.2 Å². The molecule has 0 fully saturated rings. The molecule has 0 bridgehead atoms. The lowest BCUT2D eigenvalue weighted by Gasteiger charge is -2.11. The molecule has 0 aliphatic heterocycles. The zero-order valence-corrected chi connectivity index (χ0v) is 10.4. The van der Waals surface area contributed by atoms with Crippen molar-refractivity contribution in [1.82, 2.24) is 14.6 Å². The monoisotopic (exact) mass is 234 g/mol. The van der Waals surface area contributed by atoms with Crippen LogP contribution in [-0.2, 0) is 0 Å². The van der Waals surface area contributed by atoms with Gasteiger partial charge in [0, 0.05) is 18.4 Å². The fraction of sp³-hybridized carbons (Fsp3) is 0.500. The summed E-state index contributed by atoms with van der Waals surface area (Å²) in [5.74, 6) is 1.14. The largest absolute Gasteiger partial charge is 0.394 e. The minimum atomic E-state index is -0.0221. The summed E-state index contributed by atoms with van der Waals surface area (Å²) in [7, 11) is 0. The molecular formula is C12H18N4O. The third kappa shape index (κ3) is 2.39. The molecule has 5 nitrogen and oxygen atoms in total. The number of aliphatic hydroxyl groups is 1. The van der Waals surface area contributed by atoms with E-state index >= 15 is 0 Å². The van der Waals surface area contributed by atoms with Crippen LogP contribution in [0.15, 0.2) is 18.5 Å². The van der Waals surface area contributed by atoms with Gasteiger partial charge in [-0.1, -0.05) is 13.8 Å². The van der Waals surface area contributed by atoms with Gasteiger partial charge in [0.25, 0.3) is 0 Å². The maximum absolute atomic E-state index is 9.05. The fourth-order valence-electron chi connectivity index (χ4n) is 1.61. The van der Waals surface area contributed by atoms with E-state index in [-0.39, 0.29) is 12.6 Å². The lowest BCUT2D eigenvalue weighted by molar-refractivity contribution is 0.281. The topological polar surface area (TPSA) is 62.5 Å². The van der Waals surface area contributed by atoms with E-state index in [2.05, 4.69) is 29.2 Å². The molecule has 2 rings (SSSR count). The Bertz CT molecular complexity index is 506. The average molecular weight is 234 g/mol. The van der Waals surface area contributed by atoms with Gasteiger partial charge >= 0.3 is 0 Å². The number of anilines is 1. The molecule has 17 heavy (non-hydrogen) atoms. The lowest BCUT2D eigenvalue weighted by atomic mass is 10.1. The SMILES string of the molecule is CC(CO)Nc1nccn2nc(C(C)C)cc12. The number of aliphatic hydroxyl groups excluding tert-OH is 1. The van der Waals surface area contributed by atoms with E-state index < -0.39 is 0 Å². The Labute approximate surface area is 100 Å². The van der Waals surface area contributed by atoms with Crippen molar-refractivity contribution in [2.45, 2.75) is 32.7 Å². The normalized spacial score (nSPS) is 13.2. The molecule has 2 aromatic heterocycles. The maximum atomic E-state index is 9.05. The summed E-state index contributed by atoms with van der Waals surface area (Å²) >= 11 is 0. The highest BCUT2D eigenvalue weighted by Crippen LogP contribution is 2.20. The zero-order valence-electron chi connectivity index (χ0n) is 10.4. The second-order valence-corrected chi connectivity index (χ2v) is 4.56. The molecule has 0 aliphatic carbocycles. The summed E-state index contributed by atoms with van der Waals surface area (Å²) in [4.78, 5) is 4.28. The number of hydrogen-bond acceptors (Lipinski definition) is 4. The Morgan fingerprint density at radius 3 is 2.82 bits per heavy atom. The van der Waals surface area contributed by atoms with Crippen LogP contribution in [0.4, 0.5) is 5.82 Å². The van der Waals surface area contributed by atoms with E-state index in [1.54, 1.807) is 6.20 Å². The highest BCUT2D eigenvalue weighted by molar-refractivity contribution is 5.68. The molecule has 1 unspecified atom stereocenters. The first-order valence-electron chi connectivity index (χ1n) is 5.83. The van der Waals surface area contributed by atoms with Crippen molar-refractivity contribution >= 4 is 11.3 Å². The Hall–Kier alpha value is -1.62. The van der Waals surface area contributed by atoms with Crippen LogP contribution in [0.5, 0.6) is 0 Å². The highest BCUT2D eigenvalue weighted by atomic mass is 16.3. The molecule has 0 saturated carbocycles. The third-order valence-corrected chi connectivity index (χ3v) is 2.66. The number of nitrogens with one attached hydrogen (secondary N) is 1. The van der Waals surface area contributed by atoms with E-state index in [0.29, 0.717) is 5.92 Å². The molecule has 0 aliphatic rings. The van der Waals surface area contributed by atoms with Crippen molar-refractivity contribution in [3.63, 3.8) is 0 Å². The molecule has 1 atom stereocenters. The molecule has 92 valence electrons. The molecule has 0 saturated heterocycles. The number of rotatable bonds is 4. The van der Waals surface area contributed by atoms with Gasteiger partial charge in [0.15, 0.2) is 5.82 Å². The molecule has 5 heteroatoms. The molecule has 0 spiro atoms. The number of aromatic nitrogens is 3. The second kappa shape index (κ2) is 4.71. The first-order chi connectivity index (χ1) is 8.11. The number of fused-ring (bicyclic) bond motifs is 1. The molecule has 2 N–H and O–H groups in total. The van der Waals surface area contributed by atoms with Crippen molar-refractivity contribution in [2.24, 2.45) is 0 Å². The van der Waals surface area contributed by atoms with Crippen LogP contribution in [0.25, 0.3) is 5.52 Å². The molecule has 0 aromatic carbocycles. The second-order valence-electron chi connectivity index (χ2n) is 4.56. The van der Waals surface area contributed by atoms with Crippen molar-refractivity contribution < 1.29 is 5.11 Å². The molecule has 0 radical (unpaired) electrons. The summed E-state index contributed by atoms with van der Waals surface area (Å²) in [5, 5.41) is 16.7. The van der Waals surface area contributed by atoms with Crippen molar-refractivity contribution in [3.8, 4) is 0 Å². The first kappa shape index (κ1) is 11.9. The minimum absolute atomic E-state index is 0.0221. The minimum Gasteiger partial charge on any atom is -0.394 e. The van der Waals surface area contributed by atoms with Crippen LogP contribution >= 0.6 is 0 Å². The summed E-state index contributed by atoms with van der Waals surface area (Å²) < 4.78 is 1.81. The van der Waals surface area contributed by atoms with E-state index in [9.17, 15) is 0 Å². The number of nitrogens with zero attached hydrogens (tertiary/aromatic N) is 3. The molecule has 2 aromatic rings. The Morgan fingerprint density at radius 2 is 2.18 bits per heavy atom. The van der Waals surface area contributed by atoms with Crippen LogP contribution < -0.4 is 5.32 Å². The number of hydrogen-bond donors (Lipinski definition) is 2. The smallest absolute Gasteiger partial charge is 0.152 e. The van der Waals surface area contributed by atoms with Crippen LogP contribution in [0.2, 0.25) is 0 Å². The quantitative estimate of drug-likeness (QED) is 0.844. The average Bonchev–Trinajstić information content (AvgIpc) is 2.74. The van der Waals surface area contributed by atoms with Gasteiger partial charge in [-0.15, -0.1) is 0 Å². The van der Waals surface area contributed by atoms with Gasteiger partial charge in [-0.2, -0.15) is 5.10 Å². The van der Waals surface area contributed by atoms with Gasteiger partial charge in [0.1, 0.15) is 5.52 Å². The maximum Gasteiger partial charge on any atom is 0.152 e. The van der Waals surface area contributed by atoms with E-state index in [1.807, 2.05) is 23.7 Å². The Morgan fingerprint density at radius 1 is 1.41 bits per heavy atom. The van der Waals surface area contributed by atoms with Crippen LogP contribution in [-0.4, -0.2) is 32.4 Å². The third-order valence-electron chi connectivity index (χ3n) is 2.66. The van der Waals surface area contributed by atoms with Gasteiger partial charge in [-0.05, 0) is 18.9 Å². The van der Waals surface area contributed by atoms with Gasteiger partial charge in [-0.3, -0.25) is 0 Å². The van der Waals surface area contributed by atoms with Gasteiger partial charge in [0.2, 0.25) is 0 Å². The van der Waals surface area contributed by atoms with E-state index in [0.717, 1.165) is 17.0 Å². The molecular weight excluding hydrogens is 216 g/mol.